The molecule has 4 nitrogen and oxygen atoms in total. The summed E-state index contributed by atoms with van der Waals surface area (Å²) in [4.78, 5) is 0.0781. The molecular formula is C15H23ClN2O2S. The van der Waals surface area contributed by atoms with Crippen molar-refractivity contribution in [2.45, 2.75) is 62.8 Å². The van der Waals surface area contributed by atoms with E-state index < -0.39 is 10.0 Å². The Bertz CT molecular complexity index is 594. The van der Waals surface area contributed by atoms with Crippen LogP contribution < -0.4 is 10.5 Å². The summed E-state index contributed by atoms with van der Waals surface area (Å²) >= 11 is 6.09. The molecular weight excluding hydrogens is 308 g/mol. The highest BCUT2D eigenvalue weighted by atomic mass is 35.5. The molecule has 0 aromatic heterocycles. The minimum absolute atomic E-state index is 0.00565. The molecule has 1 aromatic rings. The molecule has 2 rings (SSSR count). The van der Waals surface area contributed by atoms with Crippen molar-refractivity contribution in [3.8, 4) is 0 Å². The second kappa shape index (κ2) is 6.99. The summed E-state index contributed by atoms with van der Waals surface area (Å²) in [6.07, 6.45) is 7.51. The summed E-state index contributed by atoms with van der Waals surface area (Å²) in [6, 6.07) is 3.04. The number of nitrogen functional groups attached to an aromatic ring is 1. The molecule has 0 saturated heterocycles. The number of nitrogens with one attached hydrogen (secondary N) is 1. The molecule has 0 bridgehead atoms. The molecule has 0 heterocycles. The first-order chi connectivity index (χ1) is 9.90. The van der Waals surface area contributed by atoms with E-state index in [2.05, 4.69) is 4.72 Å². The Labute approximate surface area is 132 Å². The van der Waals surface area contributed by atoms with Crippen LogP contribution in [0.1, 0.15) is 50.5 Å². The molecule has 0 radical (unpaired) electrons. The average Bonchev–Trinajstić information content (AvgIpc) is 2.36. The monoisotopic (exact) mass is 330 g/mol. The lowest BCUT2D eigenvalue weighted by Gasteiger charge is -2.21. The molecule has 0 unspecified atom stereocenters. The second-order valence-electron chi connectivity index (χ2n) is 5.80. The van der Waals surface area contributed by atoms with Crippen LogP contribution >= 0.6 is 11.6 Å². The van der Waals surface area contributed by atoms with Gasteiger partial charge in [-0.25, -0.2) is 13.1 Å². The van der Waals surface area contributed by atoms with Crippen LogP contribution in [-0.2, 0) is 10.0 Å². The van der Waals surface area contributed by atoms with Crippen molar-refractivity contribution in [3.05, 3.63) is 22.7 Å². The van der Waals surface area contributed by atoms with Crippen molar-refractivity contribution in [2.24, 2.45) is 0 Å². The van der Waals surface area contributed by atoms with E-state index in [4.69, 9.17) is 17.3 Å². The molecule has 0 atom stereocenters. The summed E-state index contributed by atoms with van der Waals surface area (Å²) < 4.78 is 27.9. The van der Waals surface area contributed by atoms with Crippen molar-refractivity contribution in [1.29, 1.82) is 0 Å². The SMILES string of the molecule is Cc1cc(Cl)c(S(=O)(=O)NC2CCCCCCC2)cc1N. The number of anilines is 1. The van der Waals surface area contributed by atoms with Crippen molar-refractivity contribution >= 4 is 27.3 Å². The molecule has 0 amide bonds. The summed E-state index contributed by atoms with van der Waals surface area (Å²) in [5, 5.41) is 0.222. The molecule has 1 fully saturated rings. The largest absolute Gasteiger partial charge is 0.398 e. The first-order valence-corrected chi connectivity index (χ1v) is 9.34. The Balaban J connectivity index is 2.19. The molecule has 0 aliphatic heterocycles. The Morgan fingerprint density at radius 2 is 1.71 bits per heavy atom. The fourth-order valence-electron chi connectivity index (χ4n) is 2.73. The van der Waals surface area contributed by atoms with Gasteiger partial charge in [-0.2, -0.15) is 0 Å². The maximum atomic E-state index is 12.5. The van der Waals surface area contributed by atoms with Crippen LogP contribution in [0.2, 0.25) is 5.02 Å². The quantitative estimate of drug-likeness (QED) is 0.831. The summed E-state index contributed by atoms with van der Waals surface area (Å²) in [5.41, 5.74) is 7.04. The second-order valence-corrected chi connectivity index (χ2v) is 7.89. The third-order valence-electron chi connectivity index (χ3n) is 4.04. The van der Waals surface area contributed by atoms with Gasteiger partial charge in [0.2, 0.25) is 10.0 Å². The van der Waals surface area contributed by atoms with Crippen LogP contribution in [0.3, 0.4) is 0 Å². The molecule has 0 spiro atoms. The van der Waals surface area contributed by atoms with Crippen LogP contribution in [0.25, 0.3) is 0 Å². The standard InChI is InChI=1S/C15H23ClN2O2S/c1-11-9-13(16)15(10-14(11)17)21(19,20)18-12-7-5-3-2-4-6-8-12/h9-10,12,18H,2-8,17H2,1H3. The van der Waals surface area contributed by atoms with E-state index in [1.807, 2.05) is 0 Å². The average molecular weight is 331 g/mol. The van der Waals surface area contributed by atoms with E-state index in [1.54, 1.807) is 13.0 Å². The molecule has 1 aliphatic carbocycles. The topological polar surface area (TPSA) is 72.2 Å². The van der Waals surface area contributed by atoms with E-state index in [1.165, 1.54) is 25.3 Å². The predicted molar refractivity (Wildman–Crippen MR) is 87.0 cm³/mol. The zero-order valence-electron chi connectivity index (χ0n) is 12.4. The fourth-order valence-corrected chi connectivity index (χ4v) is 4.65. The maximum Gasteiger partial charge on any atom is 0.242 e. The molecule has 1 aromatic carbocycles. The lowest BCUT2D eigenvalue weighted by atomic mass is 9.97. The third-order valence-corrected chi connectivity index (χ3v) is 6.02. The van der Waals surface area contributed by atoms with Gasteiger partial charge >= 0.3 is 0 Å². The van der Waals surface area contributed by atoms with Gasteiger partial charge in [0.25, 0.3) is 0 Å². The van der Waals surface area contributed by atoms with Gasteiger partial charge < -0.3 is 5.73 Å². The van der Waals surface area contributed by atoms with Crippen LogP contribution in [0.5, 0.6) is 0 Å². The van der Waals surface area contributed by atoms with E-state index in [9.17, 15) is 8.42 Å². The van der Waals surface area contributed by atoms with Crippen molar-refractivity contribution in [2.75, 3.05) is 5.73 Å². The van der Waals surface area contributed by atoms with Gasteiger partial charge in [-0.1, -0.05) is 43.7 Å². The smallest absolute Gasteiger partial charge is 0.242 e. The van der Waals surface area contributed by atoms with Crippen LogP contribution in [0.15, 0.2) is 17.0 Å². The van der Waals surface area contributed by atoms with E-state index in [0.29, 0.717) is 5.69 Å². The molecule has 1 saturated carbocycles. The number of aryl methyl sites for hydroxylation is 1. The number of halogens is 1. The number of sulfonamides is 1. The number of benzene rings is 1. The number of rotatable bonds is 3. The van der Waals surface area contributed by atoms with Crippen LogP contribution in [0.4, 0.5) is 5.69 Å². The lowest BCUT2D eigenvalue weighted by molar-refractivity contribution is 0.426. The minimum Gasteiger partial charge on any atom is -0.398 e. The molecule has 21 heavy (non-hydrogen) atoms. The van der Waals surface area contributed by atoms with E-state index in [0.717, 1.165) is 31.2 Å². The van der Waals surface area contributed by atoms with Crippen molar-refractivity contribution in [1.82, 2.24) is 4.72 Å². The molecule has 118 valence electrons. The first-order valence-electron chi connectivity index (χ1n) is 7.48. The van der Waals surface area contributed by atoms with Crippen molar-refractivity contribution in [3.63, 3.8) is 0 Å². The van der Waals surface area contributed by atoms with Gasteiger partial charge in [-0.15, -0.1) is 0 Å². The lowest BCUT2D eigenvalue weighted by Crippen LogP contribution is -2.35. The zero-order valence-corrected chi connectivity index (χ0v) is 13.9. The van der Waals surface area contributed by atoms with Gasteiger partial charge in [0.15, 0.2) is 0 Å². The highest BCUT2D eigenvalue weighted by molar-refractivity contribution is 7.89. The Kier molecular flexibility index (Phi) is 5.52. The first kappa shape index (κ1) is 16.6. The van der Waals surface area contributed by atoms with Gasteiger partial charge in [-0.05, 0) is 37.5 Å². The van der Waals surface area contributed by atoms with Gasteiger partial charge in [-0.3, -0.25) is 0 Å². The van der Waals surface area contributed by atoms with Gasteiger partial charge in [0.1, 0.15) is 4.90 Å². The van der Waals surface area contributed by atoms with Crippen molar-refractivity contribution < 1.29 is 8.42 Å². The summed E-state index contributed by atoms with van der Waals surface area (Å²) in [6.45, 7) is 1.81. The Morgan fingerprint density at radius 3 is 2.33 bits per heavy atom. The third kappa shape index (κ3) is 4.34. The minimum atomic E-state index is -3.62. The maximum absolute atomic E-state index is 12.5. The van der Waals surface area contributed by atoms with Crippen LogP contribution in [-0.4, -0.2) is 14.5 Å². The highest BCUT2D eigenvalue weighted by Crippen LogP contribution is 2.27. The Hall–Kier alpha value is -0.780. The number of hydrogen-bond acceptors (Lipinski definition) is 3. The highest BCUT2D eigenvalue weighted by Gasteiger charge is 2.23. The zero-order chi connectivity index (χ0) is 15.5. The summed E-state index contributed by atoms with van der Waals surface area (Å²) in [7, 11) is -3.62. The van der Waals surface area contributed by atoms with Crippen LogP contribution in [0, 0.1) is 6.92 Å². The molecule has 3 N–H and O–H groups in total. The summed E-state index contributed by atoms with van der Waals surface area (Å²) in [5.74, 6) is 0. The normalized spacial score (nSPS) is 18.2. The number of nitrogens with two attached hydrogens (primary N) is 1. The van der Waals surface area contributed by atoms with Gasteiger partial charge in [0.05, 0.1) is 5.02 Å². The predicted octanol–water partition coefficient (Wildman–Crippen LogP) is 3.62. The van der Waals surface area contributed by atoms with E-state index >= 15 is 0 Å². The van der Waals surface area contributed by atoms with Gasteiger partial charge in [0, 0.05) is 11.7 Å². The Morgan fingerprint density at radius 1 is 1.14 bits per heavy atom. The fraction of sp³-hybridized carbons (Fsp3) is 0.600. The number of hydrogen-bond donors (Lipinski definition) is 2. The van der Waals surface area contributed by atoms with E-state index in [-0.39, 0.29) is 16.0 Å². The molecule has 1 aliphatic rings. The molecule has 6 heteroatoms.